The fourth-order valence-corrected chi connectivity index (χ4v) is 1.47. The van der Waals surface area contributed by atoms with Crippen LogP contribution in [0, 0.1) is 5.92 Å². The largest absolute Gasteiger partial charge is 0.478 e. The number of hydrogen-bond donors (Lipinski definition) is 3. The van der Waals surface area contributed by atoms with Gasteiger partial charge in [0, 0.05) is 13.1 Å². The van der Waals surface area contributed by atoms with E-state index in [9.17, 15) is 9.59 Å². The van der Waals surface area contributed by atoms with Crippen molar-refractivity contribution in [3.8, 4) is 0 Å². The second kappa shape index (κ2) is 7.53. The van der Waals surface area contributed by atoms with E-state index in [1.807, 2.05) is 13.8 Å². The molecule has 104 valence electrons. The number of nitrogens with one attached hydrogen (secondary N) is 2. The van der Waals surface area contributed by atoms with E-state index in [1.54, 1.807) is 24.3 Å². The van der Waals surface area contributed by atoms with Crippen molar-refractivity contribution in [2.45, 2.75) is 20.4 Å². The summed E-state index contributed by atoms with van der Waals surface area (Å²) in [5.41, 5.74) is 1.21. The second-order valence-electron chi connectivity index (χ2n) is 4.80. The van der Waals surface area contributed by atoms with Crippen LogP contribution in [-0.4, -0.2) is 30.1 Å². The van der Waals surface area contributed by atoms with Crippen LogP contribution in [-0.2, 0) is 11.3 Å². The summed E-state index contributed by atoms with van der Waals surface area (Å²) in [4.78, 5) is 22.1. The van der Waals surface area contributed by atoms with E-state index in [-0.39, 0.29) is 18.0 Å². The maximum atomic E-state index is 11.4. The van der Waals surface area contributed by atoms with Crippen LogP contribution in [0.2, 0.25) is 0 Å². The molecule has 0 aliphatic heterocycles. The van der Waals surface area contributed by atoms with E-state index in [0.29, 0.717) is 19.0 Å². The van der Waals surface area contributed by atoms with Crippen molar-refractivity contribution in [3.05, 3.63) is 35.4 Å². The molecule has 0 radical (unpaired) electrons. The van der Waals surface area contributed by atoms with Gasteiger partial charge in [0.1, 0.15) is 0 Å². The van der Waals surface area contributed by atoms with Gasteiger partial charge in [0.2, 0.25) is 5.91 Å². The molecule has 3 N–H and O–H groups in total. The highest BCUT2D eigenvalue weighted by atomic mass is 16.4. The minimum absolute atomic E-state index is 0.0316. The Labute approximate surface area is 113 Å². The molecule has 5 nitrogen and oxygen atoms in total. The number of carboxylic acids is 1. The Balaban J connectivity index is 2.29. The first kappa shape index (κ1) is 15.2. The molecule has 0 aliphatic rings. The third kappa shape index (κ3) is 6.01. The van der Waals surface area contributed by atoms with Gasteiger partial charge in [-0.05, 0) is 23.6 Å². The molecular formula is C14H20N2O3. The number of carbonyl (C=O) groups is 2. The van der Waals surface area contributed by atoms with Crippen molar-refractivity contribution in [2.75, 3.05) is 13.1 Å². The molecule has 0 saturated heterocycles. The highest BCUT2D eigenvalue weighted by Gasteiger charge is 2.03. The molecule has 0 fully saturated rings. The van der Waals surface area contributed by atoms with Crippen molar-refractivity contribution < 1.29 is 14.7 Å². The molecule has 1 aromatic carbocycles. The average Bonchev–Trinajstić information content (AvgIpc) is 2.37. The Hall–Kier alpha value is -1.88. The molecule has 0 bridgehead atoms. The maximum Gasteiger partial charge on any atom is 0.335 e. The summed E-state index contributed by atoms with van der Waals surface area (Å²) in [6, 6.07) is 6.58. The van der Waals surface area contributed by atoms with E-state index in [2.05, 4.69) is 10.6 Å². The summed E-state index contributed by atoms with van der Waals surface area (Å²) in [7, 11) is 0. The molecule has 0 heterocycles. The minimum atomic E-state index is -0.937. The van der Waals surface area contributed by atoms with Gasteiger partial charge in [0.05, 0.1) is 12.1 Å². The molecule has 1 aromatic rings. The summed E-state index contributed by atoms with van der Waals surface area (Å²) in [6.45, 7) is 5.55. The van der Waals surface area contributed by atoms with Crippen LogP contribution < -0.4 is 10.6 Å². The lowest BCUT2D eigenvalue weighted by molar-refractivity contribution is -0.120. The molecule has 0 aromatic heterocycles. The highest BCUT2D eigenvalue weighted by molar-refractivity contribution is 5.87. The van der Waals surface area contributed by atoms with Crippen molar-refractivity contribution in [1.82, 2.24) is 10.6 Å². The molecule has 1 amide bonds. The van der Waals surface area contributed by atoms with Gasteiger partial charge in [-0.15, -0.1) is 0 Å². The number of carbonyl (C=O) groups excluding carboxylic acids is 1. The van der Waals surface area contributed by atoms with E-state index < -0.39 is 5.97 Å². The lowest BCUT2D eigenvalue weighted by Gasteiger charge is -2.08. The molecule has 5 heteroatoms. The van der Waals surface area contributed by atoms with Crippen LogP contribution in [0.1, 0.15) is 29.8 Å². The summed E-state index contributed by atoms with van der Waals surface area (Å²) < 4.78 is 0. The first-order valence-corrected chi connectivity index (χ1v) is 6.28. The molecule has 0 spiro atoms. The Morgan fingerprint density at radius 2 is 1.84 bits per heavy atom. The molecule has 0 saturated carbocycles. The molecule has 0 unspecified atom stereocenters. The molecule has 19 heavy (non-hydrogen) atoms. The lowest BCUT2D eigenvalue weighted by atomic mass is 10.1. The second-order valence-corrected chi connectivity index (χ2v) is 4.80. The van der Waals surface area contributed by atoms with Gasteiger partial charge < -0.3 is 15.7 Å². The fraction of sp³-hybridized carbons (Fsp3) is 0.429. The van der Waals surface area contributed by atoms with Crippen LogP contribution in [0.4, 0.5) is 0 Å². The third-order valence-electron chi connectivity index (χ3n) is 2.52. The standard InChI is InChI=1S/C14H20N2O3/c1-10(2)7-16-13(17)9-15-8-11-3-5-12(6-4-11)14(18)19/h3-6,10,15H,7-9H2,1-2H3,(H,16,17)(H,18,19). The number of hydrogen-bond acceptors (Lipinski definition) is 3. The van der Waals surface area contributed by atoms with E-state index in [1.165, 1.54) is 0 Å². The third-order valence-corrected chi connectivity index (χ3v) is 2.52. The monoisotopic (exact) mass is 264 g/mol. The highest BCUT2D eigenvalue weighted by Crippen LogP contribution is 2.03. The molecule has 0 aliphatic carbocycles. The smallest absolute Gasteiger partial charge is 0.335 e. The van der Waals surface area contributed by atoms with Gasteiger partial charge in [0.15, 0.2) is 0 Å². The van der Waals surface area contributed by atoms with Gasteiger partial charge in [-0.25, -0.2) is 4.79 Å². The first-order chi connectivity index (χ1) is 8.99. The van der Waals surface area contributed by atoms with Crippen LogP contribution in [0.25, 0.3) is 0 Å². The average molecular weight is 264 g/mol. The van der Waals surface area contributed by atoms with E-state index >= 15 is 0 Å². The minimum Gasteiger partial charge on any atom is -0.478 e. The SMILES string of the molecule is CC(C)CNC(=O)CNCc1ccc(C(=O)O)cc1. The Kier molecular flexibility index (Phi) is 6.02. The van der Waals surface area contributed by atoms with Gasteiger partial charge in [-0.3, -0.25) is 4.79 Å². The fourth-order valence-electron chi connectivity index (χ4n) is 1.47. The van der Waals surface area contributed by atoms with Crippen LogP contribution in [0.5, 0.6) is 0 Å². The van der Waals surface area contributed by atoms with Gasteiger partial charge in [-0.2, -0.15) is 0 Å². The normalized spacial score (nSPS) is 10.5. The Bertz CT molecular complexity index is 427. The quantitative estimate of drug-likeness (QED) is 0.692. The number of carboxylic acid groups (broad SMARTS) is 1. The van der Waals surface area contributed by atoms with Gasteiger partial charge in [-0.1, -0.05) is 26.0 Å². The summed E-state index contributed by atoms with van der Waals surface area (Å²) >= 11 is 0. The zero-order valence-electron chi connectivity index (χ0n) is 11.3. The number of aromatic carboxylic acids is 1. The topological polar surface area (TPSA) is 78.4 Å². The summed E-state index contributed by atoms with van der Waals surface area (Å²) in [5.74, 6) is -0.532. The lowest BCUT2D eigenvalue weighted by Crippen LogP contribution is -2.35. The zero-order chi connectivity index (χ0) is 14.3. The summed E-state index contributed by atoms with van der Waals surface area (Å²) in [5, 5.41) is 14.6. The van der Waals surface area contributed by atoms with Gasteiger partial charge >= 0.3 is 5.97 Å². The maximum absolute atomic E-state index is 11.4. The van der Waals surface area contributed by atoms with Crippen molar-refractivity contribution in [1.29, 1.82) is 0 Å². The van der Waals surface area contributed by atoms with Gasteiger partial charge in [0.25, 0.3) is 0 Å². The predicted octanol–water partition coefficient (Wildman–Crippen LogP) is 1.25. The number of amides is 1. The molecule has 1 rings (SSSR count). The van der Waals surface area contributed by atoms with Crippen LogP contribution in [0.15, 0.2) is 24.3 Å². The Morgan fingerprint density at radius 3 is 2.37 bits per heavy atom. The molecular weight excluding hydrogens is 244 g/mol. The number of benzene rings is 1. The van der Waals surface area contributed by atoms with Crippen molar-refractivity contribution >= 4 is 11.9 Å². The van der Waals surface area contributed by atoms with Crippen molar-refractivity contribution in [2.24, 2.45) is 5.92 Å². The number of rotatable bonds is 7. The Morgan fingerprint density at radius 1 is 1.21 bits per heavy atom. The first-order valence-electron chi connectivity index (χ1n) is 6.28. The predicted molar refractivity (Wildman–Crippen MR) is 73.0 cm³/mol. The summed E-state index contributed by atoms with van der Waals surface area (Å²) in [6.07, 6.45) is 0. The van der Waals surface area contributed by atoms with Crippen LogP contribution >= 0.6 is 0 Å². The molecule has 0 atom stereocenters. The van der Waals surface area contributed by atoms with E-state index in [0.717, 1.165) is 5.56 Å². The zero-order valence-corrected chi connectivity index (χ0v) is 11.3. The van der Waals surface area contributed by atoms with Crippen molar-refractivity contribution in [3.63, 3.8) is 0 Å². The van der Waals surface area contributed by atoms with Crippen LogP contribution in [0.3, 0.4) is 0 Å². The van der Waals surface area contributed by atoms with E-state index in [4.69, 9.17) is 5.11 Å².